The molecule has 2 N–H and O–H groups in total. The molecule has 0 fully saturated rings. The van der Waals surface area contributed by atoms with Gasteiger partial charge in [0.05, 0.1) is 5.25 Å². The van der Waals surface area contributed by atoms with E-state index in [4.69, 9.17) is 0 Å². The van der Waals surface area contributed by atoms with Crippen LogP contribution in [0, 0.1) is 6.92 Å². The van der Waals surface area contributed by atoms with Crippen LogP contribution in [0.1, 0.15) is 12.5 Å². The van der Waals surface area contributed by atoms with E-state index in [0.717, 1.165) is 27.7 Å². The van der Waals surface area contributed by atoms with Crippen LogP contribution in [-0.2, 0) is 4.79 Å². The molecule has 4 rings (SSSR count). The number of aromatic amines is 1. The van der Waals surface area contributed by atoms with Crippen molar-refractivity contribution in [2.24, 2.45) is 0 Å². The molecule has 6 nitrogen and oxygen atoms in total. The first kappa shape index (κ1) is 16.5. The standard InChI is InChI=1S/C19H17N5OS/c1-11-7-9-13(10-8-11)20-18(25)12(2)26-19-22-17-16(23-24-19)14-5-3-4-6-15(14)21-17/h3-10,12H,1-2H3,(H,20,25)(H,21,22,24)/t12-/m1/s1. The van der Waals surface area contributed by atoms with Crippen LogP contribution >= 0.6 is 11.8 Å². The maximum absolute atomic E-state index is 12.4. The number of carbonyl (C=O) groups excluding carboxylic acids is 1. The largest absolute Gasteiger partial charge is 0.338 e. The Kier molecular flexibility index (Phi) is 4.30. The molecule has 0 aliphatic carbocycles. The van der Waals surface area contributed by atoms with Crippen molar-refractivity contribution in [3.05, 3.63) is 54.1 Å². The summed E-state index contributed by atoms with van der Waals surface area (Å²) >= 11 is 1.28. The van der Waals surface area contributed by atoms with Crippen LogP contribution in [-0.4, -0.2) is 31.3 Å². The monoisotopic (exact) mass is 363 g/mol. The number of para-hydroxylation sites is 1. The Morgan fingerprint density at radius 3 is 2.69 bits per heavy atom. The van der Waals surface area contributed by atoms with Gasteiger partial charge in [-0.2, -0.15) is 0 Å². The Bertz CT molecular complexity index is 1090. The molecule has 2 aromatic carbocycles. The minimum Gasteiger partial charge on any atom is -0.338 e. The molecule has 130 valence electrons. The van der Waals surface area contributed by atoms with Crippen LogP contribution in [0.15, 0.2) is 53.7 Å². The Hall–Kier alpha value is -2.93. The Morgan fingerprint density at radius 2 is 1.88 bits per heavy atom. The third kappa shape index (κ3) is 3.25. The highest BCUT2D eigenvalue weighted by Crippen LogP contribution is 2.25. The van der Waals surface area contributed by atoms with Crippen molar-refractivity contribution in [3.8, 4) is 0 Å². The lowest BCUT2D eigenvalue weighted by Crippen LogP contribution is -2.22. The van der Waals surface area contributed by atoms with Crippen LogP contribution in [0.25, 0.3) is 22.1 Å². The summed E-state index contributed by atoms with van der Waals surface area (Å²) in [5.41, 5.74) is 4.31. The molecule has 1 amide bonds. The Balaban J connectivity index is 1.51. The molecule has 1 atom stereocenters. The zero-order valence-electron chi connectivity index (χ0n) is 14.4. The third-order valence-electron chi connectivity index (χ3n) is 4.07. The second-order valence-corrected chi connectivity index (χ2v) is 7.39. The number of rotatable bonds is 4. The van der Waals surface area contributed by atoms with E-state index in [1.54, 1.807) is 0 Å². The van der Waals surface area contributed by atoms with Gasteiger partial charge in [0, 0.05) is 16.6 Å². The van der Waals surface area contributed by atoms with Crippen LogP contribution < -0.4 is 5.32 Å². The fraction of sp³-hybridized carbons (Fsp3) is 0.158. The molecule has 0 saturated carbocycles. The molecule has 0 unspecified atom stereocenters. The highest BCUT2D eigenvalue weighted by Gasteiger charge is 2.17. The van der Waals surface area contributed by atoms with E-state index in [0.29, 0.717) is 10.8 Å². The predicted octanol–water partition coefficient (Wildman–Crippen LogP) is 3.93. The van der Waals surface area contributed by atoms with Crippen LogP contribution in [0.4, 0.5) is 5.69 Å². The van der Waals surface area contributed by atoms with Crippen LogP contribution in [0.2, 0.25) is 0 Å². The van der Waals surface area contributed by atoms with Crippen molar-refractivity contribution in [2.45, 2.75) is 24.3 Å². The van der Waals surface area contributed by atoms with E-state index in [1.165, 1.54) is 11.8 Å². The summed E-state index contributed by atoms with van der Waals surface area (Å²) in [6, 6.07) is 15.6. The average Bonchev–Trinajstić information content (AvgIpc) is 3.01. The van der Waals surface area contributed by atoms with Gasteiger partial charge in [0.25, 0.3) is 0 Å². The second kappa shape index (κ2) is 6.76. The van der Waals surface area contributed by atoms with Gasteiger partial charge in [-0.15, -0.1) is 10.2 Å². The summed E-state index contributed by atoms with van der Waals surface area (Å²) in [6.07, 6.45) is 0. The summed E-state index contributed by atoms with van der Waals surface area (Å²) in [4.78, 5) is 20.1. The number of nitrogens with zero attached hydrogens (tertiary/aromatic N) is 3. The van der Waals surface area contributed by atoms with Gasteiger partial charge in [0.2, 0.25) is 11.1 Å². The summed E-state index contributed by atoms with van der Waals surface area (Å²) in [6.45, 7) is 3.83. The van der Waals surface area contributed by atoms with Crippen molar-refractivity contribution < 1.29 is 4.79 Å². The fourth-order valence-corrected chi connectivity index (χ4v) is 3.36. The molecule has 0 aliphatic heterocycles. The third-order valence-corrected chi connectivity index (χ3v) is 5.02. The number of aryl methyl sites for hydroxylation is 1. The topological polar surface area (TPSA) is 83.6 Å². The first-order valence-electron chi connectivity index (χ1n) is 8.25. The number of hydrogen-bond acceptors (Lipinski definition) is 5. The molecule has 0 spiro atoms. The number of amides is 1. The van der Waals surface area contributed by atoms with Crippen molar-refractivity contribution in [2.75, 3.05) is 5.32 Å². The van der Waals surface area contributed by atoms with E-state index in [1.807, 2.05) is 62.4 Å². The van der Waals surface area contributed by atoms with E-state index < -0.39 is 0 Å². The molecule has 0 bridgehead atoms. The maximum atomic E-state index is 12.4. The van der Waals surface area contributed by atoms with Gasteiger partial charge in [0.15, 0.2) is 5.65 Å². The van der Waals surface area contributed by atoms with Gasteiger partial charge < -0.3 is 10.3 Å². The second-order valence-electron chi connectivity index (χ2n) is 6.08. The van der Waals surface area contributed by atoms with Gasteiger partial charge in [-0.3, -0.25) is 4.79 Å². The molecule has 0 saturated heterocycles. The number of thioether (sulfide) groups is 1. The van der Waals surface area contributed by atoms with Gasteiger partial charge >= 0.3 is 0 Å². The molecule has 2 aromatic heterocycles. The minimum absolute atomic E-state index is 0.0980. The van der Waals surface area contributed by atoms with Gasteiger partial charge in [-0.25, -0.2) is 4.98 Å². The maximum Gasteiger partial charge on any atom is 0.237 e. The SMILES string of the molecule is Cc1ccc(NC(=O)[C@@H](C)Sc2nnc3c(n2)[nH]c2ccccc23)cc1. The lowest BCUT2D eigenvalue weighted by molar-refractivity contribution is -0.115. The van der Waals surface area contributed by atoms with E-state index in [2.05, 4.69) is 25.5 Å². The smallest absolute Gasteiger partial charge is 0.237 e. The van der Waals surface area contributed by atoms with Gasteiger partial charge in [-0.1, -0.05) is 47.7 Å². The number of benzene rings is 2. The van der Waals surface area contributed by atoms with Crippen molar-refractivity contribution >= 4 is 45.4 Å². The molecule has 26 heavy (non-hydrogen) atoms. The number of H-pyrrole nitrogens is 1. The number of hydrogen-bond donors (Lipinski definition) is 2. The molecular formula is C19H17N5OS. The van der Waals surface area contributed by atoms with Gasteiger partial charge in [-0.05, 0) is 32.0 Å². The quantitative estimate of drug-likeness (QED) is 0.537. The fourth-order valence-electron chi connectivity index (χ4n) is 2.65. The number of carbonyl (C=O) groups is 1. The lowest BCUT2D eigenvalue weighted by atomic mass is 10.2. The Morgan fingerprint density at radius 1 is 1.12 bits per heavy atom. The molecule has 7 heteroatoms. The molecular weight excluding hydrogens is 346 g/mol. The predicted molar refractivity (Wildman–Crippen MR) is 104 cm³/mol. The molecule has 4 aromatic rings. The highest BCUT2D eigenvalue weighted by molar-refractivity contribution is 8.00. The zero-order valence-corrected chi connectivity index (χ0v) is 15.2. The number of aromatic nitrogens is 4. The first-order chi connectivity index (χ1) is 12.6. The average molecular weight is 363 g/mol. The summed E-state index contributed by atoms with van der Waals surface area (Å²) in [7, 11) is 0. The highest BCUT2D eigenvalue weighted by atomic mass is 32.2. The Labute approximate surface area is 154 Å². The van der Waals surface area contributed by atoms with Crippen molar-refractivity contribution in [1.29, 1.82) is 0 Å². The summed E-state index contributed by atoms with van der Waals surface area (Å²) in [5.74, 6) is -0.0980. The lowest BCUT2D eigenvalue weighted by Gasteiger charge is -2.11. The molecule has 2 heterocycles. The summed E-state index contributed by atoms with van der Waals surface area (Å²) < 4.78 is 0. The number of anilines is 1. The zero-order chi connectivity index (χ0) is 18.1. The van der Waals surface area contributed by atoms with Crippen molar-refractivity contribution in [1.82, 2.24) is 20.2 Å². The number of fused-ring (bicyclic) bond motifs is 3. The minimum atomic E-state index is -0.347. The van der Waals surface area contributed by atoms with E-state index in [-0.39, 0.29) is 11.2 Å². The summed E-state index contributed by atoms with van der Waals surface area (Å²) in [5, 5.41) is 12.5. The van der Waals surface area contributed by atoms with Crippen molar-refractivity contribution in [3.63, 3.8) is 0 Å². The number of nitrogens with one attached hydrogen (secondary N) is 2. The normalized spacial score (nSPS) is 12.4. The van der Waals surface area contributed by atoms with Crippen LogP contribution in [0.5, 0.6) is 0 Å². The molecule has 0 radical (unpaired) electrons. The van der Waals surface area contributed by atoms with E-state index in [9.17, 15) is 4.79 Å². The van der Waals surface area contributed by atoms with Gasteiger partial charge in [0.1, 0.15) is 5.52 Å². The van der Waals surface area contributed by atoms with Crippen LogP contribution in [0.3, 0.4) is 0 Å². The van der Waals surface area contributed by atoms with E-state index >= 15 is 0 Å². The molecule has 0 aliphatic rings. The first-order valence-corrected chi connectivity index (χ1v) is 9.13.